The van der Waals surface area contributed by atoms with Crippen LogP contribution in [0, 0.1) is 0 Å². The SMILES string of the molecule is CC(C)(O)CCCC1=CC(=O)c2c(O)ccc(O)c2C1=O. The maximum Gasteiger partial charge on any atom is 0.193 e. The summed E-state index contributed by atoms with van der Waals surface area (Å²) in [4.78, 5) is 24.4. The summed E-state index contributed by atoms with van der Waals surface area (Å²) in [6, 6.07) is 2.38. The van der Waals surface area contributed by atoms with E-state index in [1.165, 1.54) is 18.2 Å². The Morgan fingerprint density at radius 1 is 1.05 bits per heavy atom. The molecule has 1 aromatic carbocycles. The minimum atomic E-state index is -0.833. The van der Waals surface area contributed by atoms with Crippen molar-refractivity contribution in [2.45, 2.75) is 38.7 Å². The number of fused-ring (bicyclic) bond motifs is 1. The Morgan fingerprint density at radius 2 is 1.62 bits per heavy atom. The Kier molecular flexibility index (Phi) is 3.87. The topological polar surface area (TPSA) is 94.8 Å². The monoisotopic (exact) mass is 290 g/mol. The van der Waals surface area contributed by atoms with E-state index >= 15 is 0 Å². The van der Waals surface area contributed by atoms with Gasteiger partial charge >= 0.3 is 0 Å². The van der Waals surface area contributed by atoms with Crippen LogP contribution in [-0.4, -0.2) is 32.5 Å². The van der Waals surface area contributed by atoms with Gasteiger partial charge in [-0.05, 0) is 51.3 Å². The third-order valence-electron chi connectivity index (χ3n) is 3.47. The largest absolute Gasteiger partial charge is 0.507 e. The van der Waals surface area contributed by atoms with Gasteiger partial charge in [0.15, 0.2) is 11.6 Å². The second kappa shape index (κ2) is 5.33. The maximum atomic E-state index is 12.3. The molecule has 0 spiro atoms. The van der Waals surface area contributed by atoms with Crippen molar-refractivity contribution >= 4 is 11.6 Å². The average molecular weight is 290 g/mol. The first-order valence-electron chi connectivity index (χ1n) is 6.77. The van der Waals surface area contributed by atoms with Gasteiger partial charge < -0.3 is 15.3 Å². The summed E-state index contributed by atoms with van der Waals surface area (Å²) in [5.41, 5.74) is -0.828. The number of aliphatic hydroxyl groups is 1. The third kappa shape index (κ3) is 3.13. The zero-order valence-corrected chi connectivity index (χ0v) is 12.0. The van der Waals surface area contributed by atoms with E-state index in [0.717, 1.165) is 0 Å². The van der Waals surface area contributed by atoms with Crippen LogP contribution in [0.3, 0.4) is 0 Å². The number of carbonyl (C=O) groups excluding carboxylic acids is 2. The highest BCUT2D eigenvalue weighted by molar-refractivity contribution is 6.26. The van der Waals surface area contributed by atoms with Gasteiger partial charge in [0.2, 0.25) is 0 Å². The lowest BCUT2D eigenvalue weighted by atomic mass is 9.85. The molecule has 3 N–H and O–H groups in total. The predicted molar refractivity (Wildman–Crippen MR) is 76.7 cm³/mol. The quantitative estimate of drug-likeness (QED) is 0.740. The third-order valence-corrected chi connectivity index (χ3v) is 3.47. The number of allylic oxidation sites excluding steroid dienone is 2. The molecule has 0 saturated heterocycles. The van der Waals surface area contributed by atoms with Gasteiger partial charge in [-0.25, -0.2) is 0 Å². The first-order valence-corrected chi connectivity index (χ1v) is 6.77. The van der Waals surface area contributed by atoms with E-state index < -0.39 is 17.2 Å². The van der Waals surface area contributed by atoms with Crippen molar-refractivity contribution in [2.75, 3.05) is 0 Å². The molecule has 21 heavy (non-hydrogen) atoms. The van der Waals surface area contributed by atoms with E-state index in [4.69, 9.17) is 0 Å². The van der Waals surface area contributed by atoms with Crippen LogP contribution >= 0.6 is 0 Å². The summed E-state index contributed by atoms with van der Waals surface area (Å²) < 4.78 is 0. The number of aromatic hydroxyl groups is 2. The second-order valence-corrected chi connectivity index (χ2v) is 5.88. The minimum absolute atomic E-state index is 0.138. The highest BCUT2D eigenvalue weighted by Gasteiger charge is 2.30. The molecule has 0 atom stereocenters. The normalized spacial score (nSPS) is 14.9. The lowest BCUT2D eigenvalue weighted by Crippen LogP contribution is -2.20. The molecule has 1 aliphatic rings. The van der Waals surface area contributed by atoms with Gasteiger partial charge in [0, 0.05) is 5.57 Å². The molecule has 0 bridgehead atoms. The van der Waals surface area contributed by atoms with Crippen molar-refractivity contribution in [2.24, 2.45) is 0 Å². The molecule has 2 rings (SSSR count). The van der Waals surface area contributed by atoms with Crippen LogP contribution in [0.1, 0.15) is 53.8 Å². The fraction of sp³-hybridized carbons (Fsp3) is 0.375. The van der Waals surface area contributed by atoms with E-state index in [9.17, 15) is 24.9 Å². The summed E-state index contributed by atoms with van der Waals surface area (Å²) in [7, 11) is 0. The van der Waals surface area contributed by atoms with E-state index in [1.54, 1.807) is 13.8 Å². The first-order chi connectivity index (χ1) is 9.70. The van der Waals surface area contributed by atoms with E-state index in [-0.39, 0.29) is 28.2 Å². The molecule has 0 aliphatic heterocycles. The van der Waals surface area contributed by atoms with E-state index in [2.05, 4.69) is 0 Å². The Morgan fingerprint density at radius 3 is 2.19 bits per heavy atom. The van der Waals surface area contributed by atoms with Crippen molar-refractivity contribution in [3.05, 3.63) is 34.9 Å². The molecule has 5 heteroatoms. The van der Waals surface area contributed by atoms with Gasteiger partial charge in [0.05, 0.1) is 16.7 Å². The molecule has 1 aromatic rings. The summed E-state index contributed by atoms with van der Waals surface area (Å²) in [6.07, 6.45) is 2.57. The zero-order chi connectivity index (χ0) is 15.8. The Hall–Kier alpha value is -2.14. The number of phenolic OH excluding ortho intramolecular Hbond substituents is 2. The molecule has 0 amide bonds. The van der Waals surface area contributed by atoms with Crippen LogP contribution in [0.5, 0.6) is 11.5 Å². The van der Waals surface area contributed by atoms with Gasteiger partial charge in [-0.15, -0.1) is 0 Å². The number of hydrogen-bond donors (Lipinski definition) is 3. The Balaban J connectivity index is 2.27. The first kappa shape index (κ1) is 15.3. The number of ketones is 2. The van der Waals surface area contributed by atoms with E-state index in [1.807, 2.05) is 0 Å². The van der Waals surface area contributed by atoms with Crippen LogP contribution < -0.4 is 0 Å². The predicted octanol–water partition coefficient (Wildman–Crippen LogP) is 2.34. The highest BCUT2D eigenvalue weighted by Crippen LogP contribution is 2.35. The molecule has 112 valence electrons. The van der Waals surface area contributed by atoms with Gasteiger partial charge in [-0.3, -0.25) is 9.59 Å². The number of phenols is 2. The maximum absolute atomic E-state index is 12.3. The fourth-order valence-corrected chi connectivity index (χ4v) is 2.41. The van der Waals surface area contributed by atoms with Gasteiger partial charge in [-0.1, -0.05) is 0 Å². The van der Waals surface area contributed by atoms with Crippen molar-refractivity contribution < 1.29 is 24.9 Å². The number of benzene rings is 1. The molecule has 0 heterocycles. The van der Waals surface area contributed by atoms with Crippen molar-refractivity contribution in [1.29, 1.82) is 0 Å². The summed E-state index contributed by atoms with van der Waals surface area (Å²) in [6.45, 7) is 3.35. The summed E-state index contributed by atoms with van der Waals surface area (Å²) in [5.74, 6) is -1.56. The average Bonchev–Trinajstić information content (AvgIpc) is 2.36. The summed E-state index contributed by atoms with van der Waals surface area (Å²) in [5, 5.41) is 29.1. The molecule has 0 radical (unpaired) electrons. The van der Waals surface area contributed by atoms with Gasteiger partial charge in [0.25, 0.3) is 0 Å². The standard InChI is InChI=1S/C16H18O5/c1-16(2,21)7-3-4-9-8-12(19)13-10(17)5-6-11(18)14(13)15(9)20/h5-6,8,17-18,21H,3-4,7H2,1-2H3. The van der Waals surface area contributed by atoms with Crippen LogP contribution in [0.25, 0.3) is 0 Å². The molecule has 0 unspecified atom stereocenters. The van der Waals surface area contributed by atoms with Crippen molar-refractivity contribution in [3.8, 4) is 11.5 Å². The van der Waals surface area contributed by atoms with Crippen LogP contribution in [0.15, 0.2) is 23.8 Å². The fourth-order valence-electron chi connectivity index (χ4n) is 2.41. The molecule has 0 aromatic heterocycles. The summed E-state index contributed by atoms with van der Waals surface area (Å²) >= 11 is 0. The highest BCUT2D eigenvalue weighted by atomic mass is 16.3. The molecule has 5 nitrogen and oxygen atoms in total. The number of rotatable bonds is 4. The Bertz CT molecular complexity index is 635. The second-order valence-electron chi connectivity index (χ2n) is 5.88. The van der Waals surface area contributed by atoms with Crippen LogP contribution in [-0.2, 0) is 0 Å². The molecule has 0 fully saturated rings. The van der Waals surface area contributed by atoms with E-state index in [0.29, 0.717) is 19.3 Å². The molecule has 1 aliphatic carbocycles. The van der Waals surface area contributed by atoms with Crippen molar-refractivity contribution in [3.63, 3.8) is 0 Å². The Labute approximate surface area is 122 Å². The van der Waals surface area contributed by atoms with Crippen LogP contribution in [0.2, 0.25) is 0 Å². The van der Waals surface area contributed by atoms with Gasteiger partial charge in [-0.2, -0.15) is 0 Å². The number of hydrogen-bond acceptors (Lipinski definition) is 5. The molecule has 0 saturated carbocycles. The minimum Gasteiger partial charge on any atom is -0.507 e. The van der Waals surface area contributed by atoms with Gasteiger partial charge in [0.1, 0.15) is 11.5 Å². The lowest BCUT2D eigenvalue weighted by Gasteiger charge is -2.19. The number of Topliss-reactive ketones (excluding diaryl/α,β-unsaturated/α-hetero) is 1. The zero-order valence-electron chi connectivity index (χ0n) is 12.0. The lowest BCUT2D eigenvalue weighted by molar-refractivity contribution is 0.0685. The molecular formula is C16H18O5. The van der Waals surface area contributed by atoms with Crippen LogP contribution in [0.4, 0.5) is 0 Å². The smallest absolute Gasteiger partial charge is 0.193 e. The number of carbonyl (C=O) groups is 2. The molecular weight excluding hydrogens is 272 g/mol. The van der Waals surface area contributed by atoms with Crippen molar-refractivity contribution in [1.82, 2.24) is 0 Å².